The molecule has 2 atom stereocenters. The lowest BCUT2D eigenvalue weighted by molar-refractivity contribution is -0.148. The molecule has 0 bridgehead atoms. The van der Waals surface area contributed by atoms with Gasteiger partial charge in [-0.15, -0.1) is 0 Å². The summed E-state index contributed by atoms with van der Waals surface area (Å²) in [6.07, 6.45) is 4.57. The smallest absolute Gasteiger partial charge is 0.326 e. The molecule has 1 aliphatic rings. The highest BCUT2D eigenvalue weighted by molar-refractivity contribution is 7.99. The van der Waals surface area contributed by atoms with Crippen LogP contribution in [0.5, 0.6) is 0 Å². The summed E-state index contributed by atoms with van der Waals surface area (Å²) in [5, 5.41) is 8.67. The lowest BCUT2D eigenvalue weighted by Crippen LogP contribution is -2.51. The SMILES string of the molecule is COC(=O)C1(N)CCCC1CCSCCCO. The Kier molecular flexibility index (Phi) is 6.30. The van der Waals surface area contributed by atoms with E-state index < -0.39 is 5.54 Å². The van der Waals surface area contributed by atoms with Crippen molar-refractivity contribution in [1.29, 1.82) is 0 Å². The number of hydrogen-bond acceptors (Lipinski definition) is 5. The van der Waals surface area contributed by atoms with Gasteiger partial charge >= 0.3 is 5.97 Å². The van der Waals surface area contributed by atoms with Crippen molar-refractivity contribution in [1.82, 2.24) is 0 Å². The fraction of sp³-hybridized carbons (Fsp3) is 0.917. The molecule has 17 heavy (non-hydrogen) atoms. The van der Waals surface area contributed by atoms with Crippen LogP contribution in [0.15, 0.2) is 0 Å². The third kappa shape index (κ3) is 3.86. The van der Waals surface area contributed by atoms with Crippen LogP contribution in [0, 0.1) is 5.92 Å². The van der Waals surface area contributed by atoms with Crippen molar-refractivity contribution < 1.29 is 14.6 Å². The van der Waals surface area contributed by atoms with Gasteiger partial charge in [-0.05, 0) is 43.1 Å². The lowest BCUT2D eigenvalue weighted by atomic mass is 9.86. The molecule has 1 saturated carbocycles. The van der Waals surface area contributed by atoms with E-state index in [4.69, 9.17) is 15.6 Å². The van der Waals surface area contributed by atoms with Gasteiger partial charge in [0.05, 0.1) is 7.11 Å². The molecule has 1 fully saturated rings. The molecule has 0 radical (unpaired) electrons. The number of ether oxygens (including phenoxy) is 1. The number of aliphatic hydroxyl groups is 1. The normalized spacial score (nSPS) is 28.3. The molecule has 1 aliphatic carbocycles. The van der Waals surface area contributed by atoms with Crippen LogP contribution in [-0.4, -0.2) is 41.8 Å². The second-order valence-electron chi connectivity index (χ2n) is 4.60. The van der Waals surface area contributed by atoms with Crippen LogP contribution in [-0.2, 0) is 9.53 Å². The number of carbonyl (C=O) groups excluding carboxylic acids is 1. The molecule has 5 heteroatoms. The van der Waals surface area contributed by atoms with Gasteiger partial charge in [-0.2, -0.15) is 11.8 Å². The Hall–Kier alpha value is -0.260. The molecule has 1 rings (SSSR count). The monoisotopic (exact) mass is 261 g/mol. The zero-order valence-electron chi connectivity index (χ0n) is 10.5. The molecular formula is C12H23NO3S. The maximum atomic E-state index is 11.7. The minimum Gasteiger partial charge on any atom is -0.468 e. The summed E-state index contributed by atoms with van der Waals surface area (Å²) in [4.78, 5) is 11.7. The molecule has 0 aliphatic heterocycles. The molecule has 4 nitrogen and oxygen atoms in total. The average molecular weight is 261 g/mol. The van der Waals surface area contributed by atoms with Gasteiger partial charge in [-0.1, -0.05) is 6.42 Å². The van der Waals surface area contributed by atoms with Crippen molar-refractivity contribution in [3.8, 4) is 0 Å². The molecule has 0 aromatic heterocycles. The van der Waals surface area contributed by atoms with Crippen molar-refractivity contribution >= 4 is 17.7 Å². The summed E-state index contributed by atoms with van der Waals surface area (Å²) < 4.78 is 4.81. The molecule has 100 valence electrons. The summed E-state index contributed by atoms with van der Waals surface area (Å²) in [6, 6.07) is 0. The molecule has 0 heterocycles. The Morgan fingerprint density at radius 3 is 3.00 bits per heavy atom. The van der Waals surface area contributed by atoms with Crippen molar-refractivity contribution in [2.45, 2.75) is 37.6 Å². The van der Waals surface area contributed by atoms with Gasteiger partial charge in [0.25, 0.3) is 0 Å². The van der Waals surface area contributed by atoms with E-state index in [1.54, 1.807) is 0 Å². The van der Waals surface area contributed by atoms with E-state index in [2.05, 4.69) is 0 Å². The third-order valence-electron chi connectivity index (χ3n) is 3.49. The largest absolute Gasteiger partial charge is 0.468 e. The van der Waals surface area contributed by atoms with E-state index in [1.807, 2.05) is 11.8 Å². The number of hydrogen-bond donors (Lipinski definition) is 2. The van der Waals surface area contributed by atoms with Gasteiger partial charge in [0.1, 0.15) is 5.54 Å². The molecule has 3 N–H and O–H groups in total. The van der Waals surface area contributed by atoms with E-state index in [1.165, 1.54) is 7.11 Å². The molecule has 0 saturated heterocycles. The van der Waals surface area contributed by atoms with Crippen LogP contribution < -0.4 is 5.73 Å². The minimum absolute atomic E-state index is 0.247. The van der Waals surface area contributed by atoms with Crippen molar-refractivity contribution in [2.24, 2.45) is 11.7 Å². The Morgan fingerprint density at radius 2 is 2.35 bits per heavy atom. The van der Waals surface area contributed by atoms with Gasteiger partial charge in [0.2, 0.25) is 0 Å². The Labute approximate surface area is 107 Å². The maximum absolute atomic E-state index is 11.7. The van der Waals surface area contributed by atoms with Crippen LogP contribution in [0.25, 0.3) is 0 Å². The van der Waals surface area contributed by atoms with E-state index in [0.29, 0.717) is 0 Å². The van der Waals surface area contributed by atoms with E-state index >= 15 is 0 Å². The summed E-state index contributed by atoms with van der Waals surface area (Å²) in [6.45, 7) is 0.249. The number of methoxy groups -OCH3 is 1. The molecular weight excluding hydrogens is 238 g/mol. The highest BCUT2D eigenvalue weighted by Gasteiger charge is 2.46. The lowest BCUT2D eigenvalue weighted by Gasteiger charge is -2.28. The first-order valence-electron chi connectivity index (χ1n) is 6.21. The zero-order valence-corrected chi connectivity index (χ0v) is 11.3. The fourth-order valence-corrected chi connectivity index (χ4v) is 3.45. The molecule has 0 aromatic carbocycles. The zero-order chi connectivity index (χ0) is 12.7. The summed E-state index contributed by atoms with van der Waals surface area (Å²) in [7, 11) is 1.41. The average Bonchev–Trinajstić information content (AvgIpc) is 2.71. The van der Waals surface area contributed by atoms with Gasteiger partial charge in [-0.25, -0.2) is 0 Å². The number of aliphatic hydroxyl groups excluding tert-OH is 1. The number of thioether (sulfide) groups is 1. The van der Waals surface area contributed by atoms with Crippen LogP contribution in [0.4, 0.5) is 0 Å². The van der Waals surface area contributed by atoms with Gasteiger partial charge in [0.15, 0.2) is 0 Å². The van der Waals surface area contributed by atoms with E-state index in [0.717, 1.165) is 43.6 Å². The van der Waals surface area contributed by atoms with Gasteiger partial charge in [0, 0.05) is 6.61 Å². The van der Waals surface area contributed by atoms with Crippen LogP contribution in [0.3, 0.4) is 0 Å². The molecule has 2 unspecified atom stereocenters. The van der Waals surface area contributed by atoms with Crippen molar-refractivity contribution in [2.75, 3.05) is 25.2 Å². The fourth-order valence-electron chi connectivity index (χ4n) is 2.46. The van der Waals surface area contributed by atoms with Crippen LogP contribution in [0.2, 0.25) is 0 Å². The number of rotatable bonds is 7. The van der Waals surface area contributed by atoms with Crippen molar-refractivity contribution in [3.05, 3.63) is 0 Å². The first-order valence-corrected chi connectivity index (χ1v) is 7.36. The number of esters is 1. The predicted molar refractivity (Wildman–Crippen MR) is 69.9 cm³/mol. The summed E-state index contributed by atoms with van der Waals surface area (Å²) >= 11 is 1.82. The second-order valence-corrected chi connectivity index (χ2v) is 5.82. The van der Waals surface area contributed by atoms with Crippen molar-refractivity contribution in [3.63, 3.8) is 0 Å². The second kappa shape index (κ2) is 7.24. The van der Waals surface area contributed by atoms with Gasteiger partial charge in [-0.3, -0.25) is 4.79 Å². The number of nitrogens with two attached hydrogens (primary N) is 1. The molecule has 0 amide bonds. The summed E-state index contributed by atoms with van der Waals surface area (Å²) in [5.74, 6) is 1.96. The molecule has 0 aromatic rings. The Balaban J connectivity index is 2.34. The van der Waals surface area contributed by atoms with Gasteiger partial charge < -0.3 is 15.6 Å². The standard InChI is InChI=1S/C12H23NO3S/c1-16-11(15)12(13)6-2-4-10(12)5-9-17-8-3-7-14/h10,14H,2-9,13H2,1H3. The Morgan fingerprint density at radius 1 is 1.59 bits per heavy atom. The predicted octanol–water partition coefficient (Wildman–Crippen LogP) is 1.16. The number of carbonyl (C=O) groups is 1. The third-order valence-corrected chi connectivity index (χ3v) is 4.60. The van der Waals surface area contributed by atoms with E-state index in [9.17, 15) is 4.79 Å². The quantitative estimate of drug-likeness (QED) is 0.531. The topological polar surface area (TPSA) is 72.5 Å². The highest BCUT2D eigenvalue weighted by Crippen LogP contribution is 2.37. The first kappa shape index (κ1) is 14.8. The van der Waals surface area contributed by atoms with E-state index in [-0.39, 0.29) is 18.5 Å². The highest BCUT2D eigenvalue weighted by atomic mass is 32.2. The van der Waals surface area contributed by atoms with Crippen LogP contribution >= 0.6 is 11.8 Å². The minimum atomic E-state index is -0.758. The summed E-state index contributed by atoms with van der Waals surface area (Å²) in [5.41, 5.74) is 5.42. The maximum Gasteiger partial charge on any atom is 0.326 e. The van der Waals surface area contributed by atoms with Crippen LogP contribution in [0.1, 0.15) is 32.1 Å². The first-order chi connectivity index (χ1) is 8.15. The Bertz CT molecular complexity index is 250. The molecule has 0 spiro atoms.